The second kappa shape index (κ2) is 9.81. The minimum atomic E-state index is -2.22. The summed E-state index contributed by atoms with van der Waals surface area (Å²) in [5.74, 6) is 1.86. The number of Topliss-reactive ketones (excluding diaryl/α,β-unsaturated/α-hetero) is 1. The molecule has 0 unspecified atom stereocenters. The Morgan fingerprint density at radius 2 is 1.83 bits per heavy atom. The van der Waals surface area contributed by atoms with Crippen molar-refractivity contribution in [1.82, 2.24) is 0 Å². The maximum atomic E-state index is 13.3. The van der Waals surface area contributed by atoms with E-state index in [9.17, 15) is 9.59 Å². The van der Waals surface area contributed by atoms with Crippen LogP contribution in [0.15, 0.2) is 12.1 Å². The fourth-order valence-electron chi connectivity index (χ4n) is 5.34. The van der Waals surface area contributed by atoms with E-state index in [1.165, 1.54) is 0 Å². The molecule has 1 aliphatic carbocycles. The van der Waals surface area contributed by atoms with Crippen molar-refractivity contribution in [2.24, 2.45) is 5.92 Å². The van der Waals surface area contributed by atoms with Crippen LogP contribution in [0.5, 0.6) is 11.5 Å². The van der Waals surface area contributed by atoms with Crippen molar-refractivity contribution in [1.29, 1.82) is 0 Å². The molecule has 1 saturated carbocycles. The zero-order chi connectivity index (χ0) is 27.3. The van der Waals surface area contributed by atoms with Crippen molar-refractivity contribution in [3.63, 3.8) is 0 Å². The Balaban J connectivity index is 2.17. The fourth-order valence-corrected chi connectivity index (χ4v) is 6.36. The molecule has 0 amide bonds. The van der Waals surface area contributed by atoms with E-state index >= 15 is 0 Å². The van der Waals surface area contributed by atoms with Crippen LogP contribution < -0.4 is 9.16 Å². The second-order valence-corrected chi connectivity index (χ2v) is 18.3. The largest absolute Gasteiger partial charge is 0.543 e. The molecule has 1 aromatic rings. The van der Waals surface area contributed by atoms with E-state index in [1.807, 2.05) is 32.9 Å². The molecular formula is C30H48O5Si. The lowest BCUT2D eigenvalue weighted by Crippen LogP contribution is -2.48. The Morgan fingerprint density at radius 1 is 1.19 bits per heavy atom. The third-order valence-corrected chi connectivity index (χ3v) is 13.2. The maximum Gasteiger partial charge on any atom is 0.316 e. The molecule has 202 valence electrons. The topological polar surface area (TPSA) is 61.8 Å². The average Bonchev–Trinajstić information content (AvgIpc) is 2.71. The van der Waals surface area contributed by atoms with Gasteiger partial charge >= 0.3 is 5.97 Å². The number of carbonyl (C=O) groups is 2. The normalized spacial score (nSPS) is 22.7. The number of carbonyl (C=O) groups excluding carboxylic acids is 2. The monoisotopic (exact) mass is 516 g/mol. The summed E-state index contributed by atoms with van der Waals surface area (Å²) >= 11 is 0. The molecular weight excluding hydrogens is 468 g/mol. The number of ether oxygens (including phenoxy) is 2. The van der Waals surface area contributed by atoms with E-state index in [4.69, 9.17) is 13.9 Å². The molecule has 1 aliphatic heterocycles. The Hall–Kier alpha value is -1.82. The summed E-state index contributed by atoms with van der Waals surface area (Å²) in [5, 5.41) is -0.00347. The summed E-state index contributed by atoms with van der Waals surface area (Å²) in [6.07, 6.45) is 3.60. The van der Waals surface area contributed by atoms with Crippen molar-refractivity contribution in [2.75, 3.05) is 0 Å². The van der Waals surface area contributed by atoms with Crippen molar-refractivity contribution >= 4 is 20.1 Å². The first-order valence-corrected chi connectivity index (χ1v) is 16.6. The van der Waals surface area contributed by atoms with Crippen LogP contribution in [0.3, 0.4) is 0 Å². The standard InChI is InChI=1S/C30H48O5Si/c1-12-13-19(2)33-27(32)29(6,7)20-16-24-26(25(17-20)35-36(10,11)28(3,4)5)22-18-21(31)14-15-23(22)30(8,9)34-24/h16-17,19,22-23H,12-15,18H2,1-11H3/t19-,22-,23-/m1/s1. The molecule has 0 aromatic heterocycles. The highest BCUT2D eigenvalue weighted by atomic mass is 28.4. The van der Waals surface area contributed by atoms with Gasteiger partial charge in [-0.15, -0.1) is 0 Å². The highest BCUT2D eigenvalue weighted by molar-refractivity contribution is 6.74. The van der Waals surface area contributed by atoms with Gasteiger partial charge in [0.05, 0.1) is 11.5 Å². The van der Waals surface area contributed by atoms with Gasteiger partial charge in [0.25, 0.3) is 0 Å². The molecule has 0 spiro atoms. The van der Waals surface area contributed by atoms with E-state index in [0.29, 0.717) is 18.6 Å². The second-order valence-electron chi connectivity index (χ2n) is 13.6. The van der Waals surface area contributed by atoms with Gasteiger partial charge in [-0.3, -0.25) is 9.59 Å². The number of hydrogen-bond acceptors (Lipinski definition) is 5. The summed E-state index contributed by atoms with van der Waals surface area (Å²) in [5.41, 5.74) is 0.533. The van der Waals surface area contributed by atoms with Gasteiger partial charge in [0.1, 0.15) is 22.9 Å². The predicted octanol–water partition coefficient (Wildman–Crippen LogP) is 7.70. The van der Waals surface area contributed by atoms with Gasteiger partial charge < -0.3 is 13.9 Å². The number of benzene rings is 1. The van der Waals surface area contributed by atoms with Crippen LogP contribution in [0, 0.1) is 5.92 Å². The Kier molecular flexibility index (Phi) is 7.83. The minimum absolute atomic E-state index is 0.00347. The smallest absolute Gasteiger partial charge is 0.316 e. The zero-order valence-electron chi connectivity index (χ0n) is 24.5. The number of hydrogen-bond donors (Lipinski definition) is 0. The lowest BCUT2D eigenvalue weighted by Gasteiger charge is -2.48. The molecule has 0 saturated heterocycles. The summed E-state index contributed by atoms with van der Waals surface area (Å²) in [4.78, 5) is 26.0. The molecule has 3 atom stereocenters. The Morgan fingerprint density at radius 3 is 2.42 bits per heavy atom. The summed E-state index contributed by atoms with van der Waals surface area (Å²) in [6, 6.07) is 4.03. The molecule has 1 fully saturated rings. The van der Waals surface area contributed by atoms with Crippen LogP contribution >= 0.6 is 0 Å². The summed E-state index contributed by atoms with van der Waals surface area (Å²) in [7, 11) is -2.22. The molecule has 0 N–H and O–H groups in total. The van der Waals surface area contributed by atoms with E-state index in [-0.39, 0.29) is 28.9 Å². The van der Waals surface area contributed by atoms with Crippen LogP contribution in [0.4, 0.5) is 0 Å². The molecule has 1 heterocycles. The van der Waals surface area contributed by atoms with Gasteiger partial charge in [0, 0.05) is 30.2 Å². The zero-order valence-corrected chi connectivity index (χ0v) is 25.5. The van der Waals surface area contributed by atoms with Crippen molar-refractivity contribution < 1.29 is 23.5 Å². The third-order valence-electron chi connectivity index (χ3n) is 8.82. The summed E-state index contributed by atoms with van der Waals surface area (Å²) in [6.45, 7) is 23.2. The molecule has 5 nitrogen and oxygen atoms in total. The third kappa shape index (κ3) is 5.53. The summed E-state index contributed by atoms with van der Waals surface area (Å²) < 4.78 is 19.5. The minimum Gasteiger partial charge on any atom is -0.543 e. The number of ketones is 1. The molecule has 0 radical (unpaired) electrons. The lowest BCUT2D eigenvalue weighted by molar-refractivity contribution is -0.154. The first kappa shape index (κ1) is 28.7. The molecule has 1 aromatic carbocycles. The molecule has 3 rings (SSSR count). The Bertz CT molecular complexity index is 1000. The highest BCUT2D eigenvalue weighted by Gasteiger charge is 2.49. The van der Waals surface area contributed by atoms with E-state index in [0.717, 1.165) is 41.9 Å². The number of rotatable bonds is 7. The Labute approximate surface area is 219 Å². The maximum absolute atomic E-state index is 13.3. The molecule has 0 bridgehead atoms. The van der Waals surface area contributed by atoms with Gasteiger partial charge in [0.15, 0.2) is 0 Å². The van der Waals surface area contributed by atoms with Gasteiger partial charge in [-0.05, 0) is 83.3 Å². The van der Waals surface area contributed by atoms with E-state index in [2.05, 4.69) is 54.6 Å². The molecule has 2 aliphatic rings. The predicted molar refractivity (Wildman–Crippen MR) is 148 cm³/mol. The van der Waals surface area contributed by atoms with Gasteiger partial charge in [-0.1, -0.05) is 34.1 Å². The van der Waals surface area contributed by atoms with E-state index < -0.39 is 19.3 Å². The van der Waals surface area contributed by atoms with Crippen LogP contribution in [0.2, 0.25) is 18.1 Å². The van der Waals surface area contributed by atoms with Crippen LogP contribution in [0.25, 0.3) is 0 Å². The van der Waals surface area contributed by atoms with Crippen LogP contribution in [0.1, 0.15) is 111 Å². The van der Waals surface area contributed by atoms with Gasteiger partial charge in [-0.2, -0.15) is 0 Å². The van der Waals surface area contributed by atoms with Crippen molar-refractivity contribution in [3.05, 3.63) is 23.3 Å². The SMILES string of the molecule is CCC[C@@H](C)OC(=O)C(C)(C)c1cc2c(c(O[Si](C)(C)C(C)(C)C)c1)[C@@H]1CC(=O)CC[C@H]1C(C)(C)O2. The van der Waals surface area contributed by atoms with Gasteiger partial charge in [0.2, 0.25) is 8.32 Å². The van der Waals surface area contributed by atoms with Crippen LogP contribution in [-0.2, 0) is 19.7 Å². The van der Waals surface area contributed by atoms with Crippen molar-refractivity contribution in [3.8, 4) is 11.5 Å². The number of esters is 1. The highest BCUT2D eigenvalue weighted by Crippen LogP contribution is 2.55. The fraction of sp³-hybridized carbons (Fsp3) is 0.733. The average molecular weight is 517 g/mol. The van der Waals surface area contributed by atoms with Crippen molar-refractivity contribution in [2.45, 2.75) is 136 Å². The first-order valence-electron chi connectivity index (χ1n) is 13.7. The quantitative estimate of drug-likeness (QED) is 0.274. The van der Waals surface area contributed by atoms with Crippen LogP contribution in [-0.4, -0.2) is 31.8 Å². The van der Waals surface area contributed by atoms with E-state index in [1.54, 1.807) is 0 Å². The van der Waals surface area contributed by atoms with Gasteiger partial charge in [-0.25, -0.2) is 0 Å². The molecule has 36 heavy (non-hydrogen) atoms. The molecule has 6 heteroatoms. The first-order chi connectivity index (χ1) is 16.4. The lowest BCUT2D eigenvalue weighted by atomic mass is 9.66. The number of fused-ring (bicyclic) bond motifs is 3.